The number of hydrogen-bond acceptors (Lipinski definition) is 5. The molecule has 8 heteroatoms. The molecule has 35 heavy (non-hydrogen) atoms. The van der Waals surface area contributed by atoms with E-state index in [-0.39, 0.29) is 23.7 Å². The second-order valence-electron chi connectivity index (χ2n) is 8.83. The van der Waals surface area contributed by atoms with Crippen molar-refractivity contribution in [3.8, 4) is 16.9 Å². The van der Waals surface area contributed by atoms with Crippen LogP contribution in [0.15, 0.2) is 61.1 Å². The van der Waals surface area contributed by atoms with Crippen molar-refractivity contribution < 1.29 is 13.9 Å². The normalized spacial score (nSPS) is 16.4. The first-order chi connectivity index (χ1) is 17.1. The van der Waals surface area contributed by atoms with Crippen molar-refractivity contribution in [2.75, 3.05) is 26.7 Å². The monoisotopic (exact) mass is 473 g/mol. The van der Waals surface area contributed by atoms with Gasteiger partial charge in [0.15, 0.2) is 0 Å². The molecule has 5 rings (SSSR count). The number of halogens is 1. The van der Waals surface area contributed by atoms with Crippen molar-refractivity contribution in [2.45, 2.75) is 19.4 Å². The number of carbonyl (C=O) groups excluding carboxylic acids is 1. The number of carbonyl (C=O) groups is 1. The highest BCUT2D eigenvalue weighted by molar-refractivity contribution is 5.96. The lowest BCUT2D eigenvalue weighted by molar-refractivity contribution is 0.0679. The van der Waals surface area contributed by atoms with Gasteiger partial charge in [-0.15, -0.1) is 0 Å². The van der Waals surface area contributed by atoms with Gasteiger partial charge in [0, 0.05) is 48.1 Å². The standard InChI is InChI=1S/C27H28FN5O2/c1-3-35-24-12-18(7-8-22(24)17-5-4-6-21(28)11-17)27(34)33(2)26(19-9-10-29-13-19)23-16-30-14-20-15-31-32-25(20)23/h4-8,11-12,14-16,19,26,29H,3,9-10,13H2,1-2H3,(H,31,32)/t19-,26?/m0/s1. The molecule has 4 aromatic rings. The summed E-state index contributed by atoms with van der Waals surface area (Å²) in [5.74, 6) is 0.343. The summed E-state index contributed by atoms with van der Waals surface area (Å²) < 4.78 is 19.7. The fourth-order valence-electron chi connectivity index (χ4n) is 4.99. The quantitative estimate of drug-likeness (QED) is 0.410. The summed E-state index contributed by atoms with van der Waals surface area (Å²) >= 11 is 0. The average Bonchev–Trinajstić information content (AvgIpc) is 3.57. The van der Waals surface area contributed by atoms with Crippen LogP contribution in [-0.2, 0) is 0 Å². The van der Waals surface area contributed by atoms with Crippen LogP contribution in [0.2, 0.25) is 0 Å². The number of pyridine rings is 1. The molecule has 2 atom stereocenters. The van der Waals surface area contributed by atoms with E-state index in [1.165, 1.54) is 12.1 Å². The Hall–Kier alpha value is -3.78. The topological polar surface area (TPSA) is 83.1 Å². The second kappa shape index (κ2) is 9.84. The largest absolute Gasteiger partial charge is 0.493 e. The van der Waals surface area contributed by atoms with E-state index in [9.17, 15) is 9.18 Å². The molecule has 0 bridgehead atoms. The predicted octanol–water partition coefficient (Wildman–Crippen LogP) is 4.59. The van der Waals surface area contributed by atoms with Crippen LogP contribution in [0.5, 0.6) is 5.75 Å². The molecule has 1 amide bonds. The van der Waals surface area contributed by atoms with Gasteiger partial charge in [-0.2, -0.15) is 5.10 Å². The van der Waals surface area contributed by atoms with Gasteiger partial charge in [-0.25, -0.2) is 4.39 Å². The highest BCUT2D eigenvalue weighted by atomic mass is 19.1. The SMILES string of the molecule is CCOc1cc(C(=O)N(C)C(c2cncc3cn[nH]c23)[C@H]2CCNC2)ccc1-c1cccc(F)c1. The summed E-state index contributed by atoms with van der Waals surface area (Å²) in [6.45, 7) is 4.04. The van der Waals surface area contributed by atoms with Crippen molar-refractivity contribution in [1.29, 1.82) is 0 Å². The molecule has 1 aliphatic rings. The summed E-state index contributed by atoms with van der Waals surface area (Å²) in [4.78, 5) is 20.0. The molecule has 180 valence electrons. The summed E-state index contributed by atoms with van der Waals surface area (Å²) in [5.41, 5.74) is 3.80. The summed E-state index contributed by atoms with van der Waals surface area (Å²) in [7, 11) is 1.83. The fraction of sp³-hybridized carbons (Fsp3) is 0.296. The van der Waals surface area contributed by atoms with Crippen molar-refractivity contribution in [3.63, 3.8) is 0 Å². The lowest BCUT2D eigenvalue weighted by Gasteiger charge is -2.33. The highest BCUT2D eigenvalue weighted by Crippen LogP contribution is 2.37. The molecule has 2 aromatic heterocycles. The van der Waals surface area contributed by atoms with Gasteiger partial charge in [-0.3, -0.25) is 14.9 Å². The predicted molar refractivity (Wildman–Crippen MR) is 133 cm³/mol. The minimum Gasteiger partial charge on any atom is -0.493 e. The Morgan fingerprint density at radius 1 is 1.23 bits per heavy atom. The number of hydrogen-bond donors (Lipinski definition) is 2. The summed E-state index contributed by atoms with van der Waals surface area (Å²) in [6.07, 6.45) is 6.30. The lowest BCUT2D eigenvalue weighted by atomic mass is 9.90. The number of aromatic amines is 1. The molecule has 0 aliphatic carbocycles. The summed E-state index contributed by atoms with van der Waals surface area (Å²) in [6, 6.07) is 11.5. The molecule has 2 aromatic carbocycles. The van der Waals surface area contributed by atoms with Gasteiger partial charge in [0.25, 0.3) is 5.91 Å². The van der Waals surface area contributed by atoms with Gasteiger partial charge in [0.05, 0.1) is 24.4 Å². The minimum atomic E-state index is -0.320. The number of H-pyrrole nitrogens is 1. The number of benzene rings is 2. The Labute approximate surface area is 203 Å². The van der Waals surface area contributed by atoms with E-state index in [0.29, 0.717) is 23.5 Å². The zero-order chi connectivity index (χ0) is 24.4. The first kappa shape index (κ1) is 23.0. The number of nitrogens with zero attached hydrogens (tertiary/aromatic N) is 3. The molecule has 0 radical (unpaired) electrons. The highest BCUT2D eigenvalue weighted by Gasteiger charge is 2.34. The van der Waals surface area contributed by atoms with E-state index in [1.54, 1.807) is 35.5 Å². The number of fused-ring (bicyclic) bond motifs is 1. The van der Waals surface area contributed by atoms with Gasteiger partial charge in [-0.1, -0.05) is 12.1 Å². The van der Waals surface area contributed by atoms with Crippen molar-refractivity contribution in [1.82, 2.24) is 25.4 Å². The Balaban J connectivity index is 1.52. The maximum absolute atomic E-state index is 13.9. The van der Waals surface area contributed by atoms with Crippen LogP contribution in [-0.4, -0.2) is 52.7 Å². The number of aromatic nitrogens is 3. The second-order valence-corrected chi connectivity index (χ2v) is 8.83. The number of ether oxygens (including phenoxy) is 1. The van der Waals surface area contributed by atoms with E-state index >= 15 is 0 Å². The third-order valence-electron chi connectivity index (χ3n) is 6.65. The number of nitrogens with one attached hydrogen (secondary N) is 2. The fourth-order valence-corrected chi connectivity index (χ4v) is 4.99. The zero-order valence-electron chi connectivity index (χ0n) is 19.8. The van der Waals surface area contributed by atoms with Gasteiger partial charge in [0.2, 0.25) is 0 Å². The van der Waals surface area contributed by atoms with E-state index in [0.717, 1.165) is 41.5 Å². The Morgan fingerprint density at radius 2 is 2.11 bits per heavy atom. The van der Waals surface area contributed by atoms with Gasteiger partial charge in [0.1, 0.15) is 11.6 Å². The molecule has 1 aliphatic heterocycles. The summed E-state index contributed by atoms with van der Waals surface area (Å²) in [5, 5.41) is 11.6. The number of rotatable bonds is 7. The smallest absolute Gasteiger partial charge is 0.254 e. The third-order valence-corrected chi connectivity index (χ3v) is 6.65. The molecule has 3 heterocycles. The van der Waals surface area contributed by atoms with E-state index < -0.39 is 0 Å². The van der Waals surface area contributed by atoms with Crippen LogP contribution in [0, 0.1) is 11.7 Å². The zero-order valence-corrected chi connectivity index (χ0v) is 19.8. The molecular formula is C27H28FN5O2. The third kappa shape index (κ3) is 4.49. The van der Waals surface area contributed by atoms with Crippen LogP contribution in [0.25, 0.3) is 22.0 Å². The molecule has 1 saturated heterocycles. The maximum atomic E-state index is 13.9. The van der Waals surface area contributed by atoms with E-state index in [1.807, 2.05) is 32.3 Å². The molecule has 0 saturated carbocycles. The van der Waals surface area contributed by atoms with Crippen molar-refractivity contribution in [2.24, 2.45) is 5.92 Å². The number of amides is 1. The lowest BCUT2D eigenvalue weighted by Crippen LogP contribution is -2.36. The maximum Gasteiger partial charge on any atom is 0.254 e. The Bertz CT molecular complexity index is 1350. The molecule has 1 unspecified atom stereocenters. The Kier molecular flexibility index (Phi) is 6.46. The van der Waals surface area contributed by atoms with Crippen LogP contribution in [0.1, 0.15) is 35.3 Å². The van der Waals surface area contributed by atoms with Crippen molar-refractivity contribution >= 4 is 16.8 Å². The minimum absolute atomic E-state index is 0.120. The molecule has 0 spiro atoms. The van der Waals surface area contributed by atoms with Gasteiger partial charge in [-0.05, 0) is 61.7 Å². The average molecular weight is 474 g/mol. The Morgan fingerprint density at radius 3 is 2.89 bits per heavy atom. The molecule has 1 fully saturated rings. The van der Waals surface area contributed by atoms with Crippen LogP contribution in [0.4, 0.5) is 4.39 Å². The van der Waals surface area contributed by atoms with Crippen LogP contribution in [0.3, 0.4) is 0 Å². The van der Waals surface area contributed by atoms with Gasteiger partial charge >= 0.3 is 0 Å². The molecule has 7 nitrogen and oxygen atoms in total. The first-order valence-electron chi connectivity index (χ1n) is 11.8. The van der Waals surface area contributed by atoms with Crippen LogP contribution < -0.4 is 10.1 Å². The molecule has 2 N–H and O–H groups in total. The van der Waals surface area contributed by atoms with E-state index in [4.69, 9.17) is 4.74 Å². The first-order valence-corrected chi connectivity index (χ1v) is 11.8. The molecular weight excluding hydrogens is 445 g/mol. The van der Waals surface area contributed by atoms with Crippen LogP contribution >= 0.6 is 0 Å². The van der Waals surface area contributed by atoms with Gasteiger partial charge < -0.3 is 15.0 Å². The van der Waals surface area contributed by atoms with E-state index in [2.05, 4.69) is 20.5 Å². The van der Waals surface area contributed by atoms with Crippen molar-refractivity contribution in [3.05, 3.63) is 78.0 Å².